The van der Waals surface area contributed by atoms with E-state index in [1.54, 1.807) is 0 Å². The highest BCUT2D eigenvalue weighted by Gasteiger charge is 2.30. The van der Waals surface area contributed by atoms with Gasteiger partial charge in [-0.25, -0.2) is 4.79 Å². The molecule has 130 valence electrons. The first-order chi connectivity index (χ1) is 10.2. The zero-order chi connectivity index (χ0) is 16.8. The number of rotatable bonds is 6. The molecule has 2 atom stereocenters. The van der Waals surface area contributed by atoms with Crippen LogP contribution in [0.5, 0.6) is 0 Å². The minimum atomic E-state index is -0.454. The highest BCUT2D eigenvalue weighted by molar-refractivity contribution is 5.68. The van der Waals surface area contributed by atoms with Crippen molar-refractivity contribution in [1.29, 1.82) is 0 Å². The molecular formula is C17H34N2O3. The maximum absolute atomic E-state index is 12.4. The van der Waals surface area contributed by atoms with E-state index < -0.39 is 5.60 Å². The molecule has 0 spiro atoms. The van der Waals surface area contributed by atoms with Gasteiger partial charge in [-0.1, -0.05) is 13.8 Å². The summed E-state index contributed by atoms with van der Waals surface area (Å²) in [4.78, 5) is 14.2. The molecule has 1 rings (SSSR count). The topological polar surface area (TPSA) is 61.8 Å². The van der Waals surface area contributed by atoms with Gasteiger partial charge in [0.2, 0.25) is 0 Å². The molecule has 1 aliphatic rings. The number of carbonyl (C=O) groups excluding carboxylic acids is 1. The van der Waals surface area contributed by atoms with Gasteiger partial charge in [0.15, 0.2) is 0 Å². The molecule has 0 aromatic heterocycles. The van der Waals surface area contributed by atoms with Crippen molar-refractivity contribution in [2.75, 3.05) is 19.7 Å². The Morgan fingerprint density at radius 2 is 2.05 bits per heavy atom. The third-order valence-electron chi connectivity index (χ3n) is 4.12. The van der Waals surface area contributed by atoms with E-state index in [0.29, 0.717) is 5.92 Å². The van der Waals surface area contributed by atoms with Crippen molar-refractivity contribution in [1.82, 2.24) is 10.2 Å². The second-order valence-corrected chi connectivity index (χ2v) is 7.59. The average molecular weight is 314 g/mol. The first kappa shape index (κ1) is 19.2. The third kappa shape index (κ3) is 6.53. The van der Waals surface area contributed by atoms with Gasteiger partial charge in [-0.3, -0.25) is 0 Å². The summed E-state index contributed by atoms with van der Waals surface area (Å²) in [6.07, 6.45) is 3.74. The fraction of sp³-hybridized carbons (Fsp3) is 0.941. The van der Waals surface area contributed by atoms with Crippen LogP contribution in [0.15, 0.2) is 0 Å². The fourth-order valence-electron chi connectivity index (χ4n) is 2.87. The number of nitrogens with zero attached hydrogens (tertiary/aromatic N) is 1. The summed E-state index contributed by atoms with van der Waals surface area (Å²) >= 11 is 0. The molecule has 1 fully saturated rings. The minimum Gasteiger partial charge on any atom is -0.444 e. The summed E-state index contributed by atoms with van der Waals surface area (Å²) in [6.45, 7) is 11.7. The van der Waals surface area contributed by atoms with Gasteiger partial charge in [-0.05, 0) is 52.4 Å². The zero-order valence-corrected chi connectivity index (χ0v) is 14.9. The zero-order valence-electron chi connectivity index (χ0n) is 14.9. The Hall–Kier alpha value is -0.810. The third-order valence-corrected chi connectivity index (χ3v) is 4.12. The number of ether oxygens (including phenoxy) is 1. The molecule has 0 aliphatic carbocycles. The predicted octanol–water partition coefficient (Wildman–Crippen LogP) is 2.77. The molecule has 5 nitrogen and oxygen atoms in total. The van der Waals surface area contributed by atoms with Crippen molar-refractivity contribution in [3.8, 4) is 0 Å². The van der Waals surface area contributed by atoms with Crippen molar-refractivity contribution >= 4 is 6.09 Å². The van der Waals surface area contributed by atoms with Gasteiger partial charge in [-0.2, -0.15) is 0 Å². The van der Waals surface area contributed by atoms with Crippen LogP contribution < -0.4 is 5.32 Å². The molecule has 1 saturated heterocycles. The van der Waals surface area contributed by atoms with E-state index in [1.807, 2.05) is 25.7 Å². The molecule has 22 heavy (non-hydrogen) atoms. The lowest BCUT2D eigenvalue weighted by Gasteiger charge is -2.38. The van der Waals surface area contributed by atoms with Crippen LogP contribution >= 0.6 is 0 Å². The van der Waals surface area contributed by atoms with E-state index in [9.17, 15) is 4.79 Å². The Kier molecular flexibility index (Phi) is 7.63. The molecule has 5 heteroatoms. The minimum absolute atomic E-state index is 0.184. The number of nitrogens with one attached hydrogen (secondary N) is 1. The summed E-state index contributed by atoms with van der Waals surface area (Å²) in [7, 11) is 0. The lowest BCUT2D eigenvalue weighted by Crippen LogP contribution is -2.52. The Morgan fingerprint density at radius 1 is 1.36 bits per heavy atom. The van der Waals surface area contributed by atoms with Crippen LogP contribution in [0.2, 0.25) is 0 Å². The molecule has 0 radical (unpaired) electrons. The molecular weight excluding hydrogens is 280 g/mol. The number of hydrogen-bond acceptors (Lipinski definition) is 4. The predicted molar refractivity (Wildman–Crippen MR) is 88.9 cm³/mol. The summed E-state index contributed by atoms with van der Waals surface area (Å²) in [5.41, 5.74) is -0.454. The van der Waals surface area contributed by atoms with Crippen molar-refractivity contribution in [3.63, 3.8) is 0 Å². The second kappa shape index (κ2) is 8.73. The van der Waals surface area contributed by atoms with E-state index in [2.05, 4.69) is 19.2 Å². The Balaban J connectivity index is 2.59. The van der Waals surface area contributed by atoms with Crippen LogP contribution in [0, 0.1) is 5.92 Å². The molecule has 1 aliphatic heterocycles. The van der Waals surface area contributed by atoms with E-state index in [1.165, 1.54) is 0 Å². The SMILES string of the molecule is CC(C)C(CCO)NCC1CCCCN1C(=O)OC(C)(C)C. The summed E-state index contributed by atoms with van der Waals surface area (Å²) in [6, 6.07) is 0.468. The van der Waals surface area contributed by atoms with Gasteiger partial charge in [0.25, 0.3) is 0 Å². The van der Waals surface area contributed by atoms with E-state index in [-0.39, 0.29) is 24.8 Å². The monoisotopic (exact) mass is 314 g/mol. The van der Waals surface area contributed by atoms with E-state index >= 15 is 0 Å². The largest absolute Gasteiger partial charge is 0.444 e. The lowest BCUT2D eigenvalue weighted by molar-refractivity contribution is 0.00937. The van der Waals surface area contributed by atoms with Crippen molar-refractivity contribution in [2.24, 2.45) is 5.92 Å². The van der Waals surface area contributed by atoms with Crippen LogP contribution in [0.3, 0.4) is 0 Å². The van der Waals surface area contributed by atoms with Crippen molar-refractivity contribution in [2.45, 2.75) is 78.0 Å². The molecule has 0 aromatic carbocycles. The Morgan fingerprint density at radius 3 is 2.59 bits per heavy atom. The Bertz CT molecular complexity index is 339. The molecule has 1 amide bonds. The maximum Gasteiger partial charge on any atom is 0.410 e. The highest BCUT2D eigenvalue weighted by Crippen LogP contribution is 2.20. The Labute approximate surface area is 135 Å². The van der Waals surface area contributed by atoms with Crippen LogP contribution in [-0.2, 0) is 4.74 Å². The maximum atomic E-state index is 12.4. The summed E-state index contributed by atoms with van der Waals surface area (Å²) < 4.78 is 5.53. The average Bonchev–Trinajstić information content (AvgIpc) is 2.41. The summed E-state index contributed by atoms with van der Waals surface area (Å²) in [5, 5.41) is 12.7. The van der Waals surface area contributed by atoms with Gasteiger partial charge in [0.1, 0.15) is 5.60 Å². The molecule has 2 unspecified atom stereocenters. The van der Waals surface area contributed by atoms with E-state index in [4.69, 9.17) is 9.84 Å². The van der Waals surface area contributed by atoms with Crippen LogP contribution in [0.4, 0.5) is 4.79 Å². The van der Waals surface area contributed by atoms with Crippen LogP contribution in [0.25, 0.3) is 0 Å². The number of hydrogen-bond donors (Lipinski definition) is 2. The number of aliphatic hydroxyl groups is 1. The smallest absolute Gasteiger partial charge is 0.410 e. The quantitative estimate of drug-likeness (QED) is 0.791. The number of piperidine rings is 1. The van der Waals surface area contributed by atoms with Gasteiger partial charge >= 0.3 is 6.09 Å². The number of amides is 1. The van der Waals surface area contributed by atoms with Crippen molar-refractivity contribution in [3.05, 3.63) is 0 Å². The summed E-state index contributed by atoms with van der Waals surface area (Å²) in [5.74, 6) is 0.464. The van der Waals surface area contributed by atoms with Gasteiger partial charge in [0, 0.05) is 31.8 Å². The highest BCUT2D eigenvalue weighted by atomic mass is 16.6. The molecule has 0 aromatic rings. The van der Waals surface area contributed by atoms with Gasteiger partial charge in [0.05, 0.1) is 0 Å². The second-order valence-electron chi connectivity index (χ2n) is 7.59. The first-order valence-corrected chi connectivity index (χ1v) is 8.58. The van der Waals surface area contributed by atoms with Crippen molar-refractivity contribution < 1.29 is 14.6 Å². The normalized spacial score (nSPS) is 21.0. The van der Waals surface area contributed by atoms with E-state index in [0.717, 1.165) is 38.8 Å². The van der Waals surface area contributed by atoms with Gasteiger partial charge < -0.3 is 20.1 Å². The standard InChI is InChI=1S/C17H34N2O3/c1-13(2)15(9-11-20)18-12-14-8-6-7-10-19(14)16(21)22-17(3,4)5/h13-15,18,20H,6-12H2,1-5H3. The fourth-order valence-corrected chi connectivity index (χ4v) is 2.87. The molecule has 0 bridgehead atoms. The van der Waals surface area contributed by atoms with Crippen LogP contribution in [0.1, 0.15) is 60.3 Å². The molecule has 0 saturated carbocycles. The number of likely N-dealkylation sites (tertiary alicyclic amines) is 1. The van der Waals surface area contributed by atoms with Crippen LogP contribution in [-0.4, -0.2) is 53.5 Å². The molecule has 2 N–H and O–H groups in total. The molecule has 1 heterocycles. The first-order valence-electron chi connectivity index (χ1n) is 8.58. The lowest BCUT2D eigenvalue weighted by atomic mass is 9.98. The van der Waals surface area contributed by atoms with Gasteiger partial charge in [-0.15, -0.1) is 0 Å². The number of carbonyl (C=O) groups is 1. The number of aliphatic hydroxyl groups excluding tert-OH is 1.